The predicted octanol–water partition coefficient (Wildman–Crippen LogP) is 2.20. The van der Waals surface area contributed by atoms with Crippen LogP contribution in [0.2, 0.25) is 0 Å². The Morgan fingerprint density at radius 1 is 1.23 bits per heavy atom. The van der Waals surface area contributed by atoms with E-state index < -0.39 is 10.0 Å². The normalized spacial score (nSPS) is 11.6. The van der Waals surface area contributed by atoms with E-state index in [-0.39, 0.29) is 23.2 Å². The van der Waals surface area contributed by atoms with Crippen LogP contribution in [0, 0.1) is 0 Å². The van der Waals surface area contributed by atoms with Gasteiger partial charge in [-0.25, -0.2) is 13.4 Å². The molecule has 7 nitrogen and oxygen atoms in total. The van der Waals surface area contributed by atoms with Gasteiger partial charge in [0.15, 0.2) is 0 Å². The molecule has 10 heteroatoms. The lowest BCUT2D eigenvalue weighted by molar-refractivity contribution is -0.121. The molecule has 0 aliphatic heterocycles. The van der Waals surface area contributed by atoms with Crippen LogP contribution in [0.1, 0.15) is 5.01 Å². The van der Waals surface area contributed by atoms with Crippen molar-refractivity contribution in [3.63, 3.8) is 0 Å². The number of hydrogen-bond acceptors (Lipinski definition) is 7. The summed E-state index contributed by atoms with van der Waals surface area (Å²) in [6, 6.07) is 6.91. The second-order valence-corrected chi connectivity index (χ2v) is 9.49. The zero-order chi connectivity index (χ0) is 18.6. The van der Waals surface area contributed by atoms with Crippen molar-refractivity contribution < 1.29 is 13.2 Å². The molecular weight excluding hydrogens is 392 g/mol. The number of carbonyl (C=O) groups excluding carboxylic acids is 1. The van der Waals surface area contributed by atoms with E-state index in [9.17, 15) is 13.2 Å². The lowest BCUT2D eigenvalue weighted by Crippen LogP contribution is -2.37. The van der Waals surface area contributed by atoms with Gasteiger partial charge in [-0.05, 0) is 23.6 Å². The second-order valence-electron chi connectivity index (χ2n) is 5.33. The molecule has 1 amide bonds. The SMILES string of the molecule is CN(CC(=O)NCc1nc(-c2ccncc2)cs1)S(=O)(=O)c1cccs1. The summed E-state index contributed by atoms with van der Waals surface area (Å²) in [4.78, 5) is 20.5. The minimum atomic E-state index is -3.63. The van der Waals surface area contributed by atoms with E-state index in [0.717, 1.165) is 31.9 Å². The van der Waals surface area contributed by atoms with E-state index in [2.05, 4.69) is 15.3 Å². The highest BCUT2D eigenvalue weighted by molar-refractivity contribution is 7.91. The first-order chi connectivity index (χ1) is 12.5. The van der Waals surface area contributed by atoms with Gasteiger partial charge in [0, 0.05) is 30.4 Å². The van der Waals surface area contributed by atoms with Gasteiger partial charge < -0.3 is 5.32 Å². The van der Waals surface area contributed by atoms with Crippen LogP contribution < -0.4 is 5.32 Å². The Morgan fingerprint density at radius 2 is 2.00 bits per heavy atom. The van der Waals surface area contributed by atoms with E-state index in [1.165, 1.54) is 24.5 Å². The molecule has 0 aromatic carbocycles. The number of nitrogens with zero attached hydrogens (tertiary/aromatic N) is 3. The number of rotatable bonds is 7. The van der Waals surface area contributed by atoms with Crippen LogP contribution >= 0.6 is 22.7 Å². The molecule has 0 bridgehead atoms. The van der Waals surface area contributed by atoms with Gasteiger partial charge in [-0.3, -0.25) is 9.78 Å². The predicted molar refractivity (Wildman–Crippen MR) is 101 cm³/mol. The fourth-order valence-corrected chi connectivity index (χ4v) is 5.20. The topological polar surface area (TPSA) is 92.3 Å². The Bertz CT molecular complexity index is 969. The highest BCUT2D eigenvalue weighted by atomic mass is 32.2. The van der Waals surface area contributed by atoms with Gasteiger partial charge in [0.2, 0.25) is 5.91 Å². The molecule has 3 heterocycles. The van der Waals surface area contributed by atoms with Gasteiger partial charge in [-0.1, -0.05) is 6.07 Å². The van der Waals surface area contributed by atoms with Gasteiger partial charge >= 0.3 is 0 Å². The van der Waals surface area contributed by atoms with Crippen molar-refractivity contribution >= 4 is 38.6 Å². The zero-order valence-corrected chi connectivity index (χ0v) is 16.3. The van der Waals surface area contributed by atoms with Gasteiger partial charge in [0.25, 0.3) is 10.0 Å². The summed E-state index contributed by atoms with van der Waals surface area (Å²) in [7, 11) is -2.25. The van der Waals surface area contributed by atoms with Crippen molar-refractivity contribution in [2.45, 2.75) is 10.8 Å². The molecule has 26 heavy (non-hydrogen) atoms. The minimum Gasteiger partial charge on any atom is -0.348 e. The van der Waals surface area contributed by atoms with Crippen molar-refractivity contribution in [1.82, 2.24) is 19.6 Å². The number of aromatic nitrogens is 2. The molecule has 0 spiro atoms. The molecule has 0 saturated heterocycles. The summed E-state index contributed by atoms with van der Waals surface area (Å²) < 4.78 is 25.9. The van der Waals surface area contributed by atoms with Crippen molar-refractivity contribution in [3.05, 3.63) is 52.4 Å². The third kappa shape index (κ3) is 4.33. The van der Waals surface area contributed by atoms with E-state index in [1.54, 1.807) is 23.8 Å². The molecule has 0 aliphatic rings. The number of likely N-dealkylation sites (N-methyl/N-ethyl adjacent to an activating group) is 1. The molecule has 3 rings (SSSR count). The fraction of sp³-hybridized carbons (Fsp3) is 0.188. The molecular formula is C16H16N4O3S3. The summed E-state index contributed by atoms with van der Waals surface area (Å²) in [5, 5.41) is 7.04. The molecule has 0 unspecified atom stereocenters. The third-order valence-corrected chi connectivity index (χ3v) is 7.52. The van der Waals surface area contributed by atoms with Gasteiger partial charge in [-0.2, -0.15) is 4.31 Å². The standard InChI is InChI=1S/C16H16N4O3S3/c1-20(26(22,23)16-3-2-8-24-16)10-14(21)18-9-15-19-13(11-25-15)12-4-6-17-7-5-12/h2-8,11H,9-10H2,1H3,(H,18,21). The molecule has 0 fully saturated rings. The van der Waals surface area contributed by atoms with E-state index >= 15 is 0 Å². The maximum absolute atomic E-state index is 12.3. The van der Waals surface area contributed by atoms with Gasteiger partial charge in [-0.15, -0.1) is 22.7 Å². The van der Waals surface area contributed by atoms with Crippen molar-refractivity contribution in [3.8, 4) is 11.3 Å². The van der Waals surface area contributed by atoms with Crippen LogP contribution in [0.4, 0.5) is 0 Å². The molecule has 3 aromatic rings. The monoisotopic (exact) mass is 408 g/mol. The summed E-state index contributed by atoms with van der Waals surface area (Å²) in [5.74, 6) is -0.381. The second kappa shape index (κ2) is 8.04. The summed E-state index contributed by atoms with van der Waals surface area (Å²) >= 11 is 2.55. The molecule has 3 aromatic heterocycles. The van der Waals surface area contributed by atoms with Crippen molar-refractivity contribution in [2.75, 3.05) is 13.6 Å². The van der Waals surface area contributed by atoms with Crippen molar-refractivity contribution in [1.29, 1.82) is 0 Å². The first-order valence-corrected chi connectivity index (χ1v) is 10.8. The Hall–Kier alpha value is -2.14. The Balaban J connectivity index is 1.55. The van der Waals surface area contributed by atoms with Crippen LogP contribution in [0.25, 0.3) is 11.3 Å². The average molecular weight is 409 g/mol. The first kappa shape index (κ1) is 18.6. The van der Waals surface area contributed by atoms with Crippen LogP contribution in [0.15, 0.2) is 51.6 Å². The van der Waals surface area contributed by atoms with E-state index in [0.29, 0.717) is 0 Å². The average Bonchev–Trinajstić information content (AvgIpc) is 3.33. The van der Waals surface area contributed by atoms with Crippen LogP contribution in [-0.4, -0.2) is 42.2 Å². The molecule has 0 saturated carbocycles. The molecule has 0 radical (unpaired) electrons. The van der Waals surface area contributed by atoms with Crippen LogP contribution in [0.3, 0.4) is 0 Å². The first-order valence-electron chi connectivity index (χ1n) is 7.58. The zero-order valence-electron chi connectivity index (χ0n) is 13.8. The largest absolute Gasteiger partial charge is 0.348 e. The molecule has 136 valence electrons. The summed E-state index contributed by atoms with van der Waals surface area (Å²) in [5.41, 5.74) is 1.77. The lowest BCUT2D eigenvalue weighted by atomic mass is 10.2. The van der Waals surface area contributed by atoms with E-state index in [4.69, 9.17) is 0 Å². The number of hydrogen-bond donors (Lipinski definition) is 1. The highest BCUT2D eigenvalue weighted by Crippen LogP contribution is 2.21. The number of thiazole rings is 1. The molecule has 0 atom stereocenters. The van der Waals surface area contributed by atoms with Crippen LogP contribution in [0.5, 0.6) is 0 Å². The third-order valence-electron chi connectivity index (χ3n) is 3.49. The Morgan fingerprint density at radius 3 is 2.69 bits per heavy atom. The van der Waals surface area contributed by atoms with Gasteiger partial charge in [0.05, 0.1) is 18.8 Å². The molecule has 1 N–H and O–H groups in total. The Kier molecular flexibility index (Phi) is 5.77. The van der Waals surface area contributed by atoms with Crippen LogP contribution in [-0.2, 0) is 21.4 Å². The maximum Gasteiger partial charge on any atom is 0.252 e. The van der Waals surface area contributed by atoms with Crippen molar-refractivity contribution in [2.24, 2.45) is 0 Å². The molecule has 0 aliphatic carbocycles. The lowest BCUT2D eigenvalue weighted by Gasteiger charge is -2.15. The number of carbonyl (C=O) groups is 1. The fourth-order valence-electron chi connectivity index (χ4n) is 2.13. The number of pyridine rings is 1. The summed E-state index contributed by atoms with van der Waals surface area (Å²) in [6.07, 6.45) is 3.39. The number of amides is 1. The highest BCUT2D eigenvalue weighted by Gasteiger charge is 2.23. The smallest absolute Gasteiger partial charge is 0.252 e. The quantitative estimate of drug-likeness (QED) is 0.647. The Labute approximate surface area is 159 Å². The summed E-state index contributed by atoms with van der Waals surface area (Å²) in [6.45, 7) is 0.00426. The van der Waals surface area contributed by atoms with Gasteiger partial charge in [0.1, 0.15) is 9.22 Å². The van der Waals surface area contributed by atoms with E-state index in [1.807, 2.05) is 17.5 Å². The number of nitrogens with one attached hydrogen (secondary N) is 1. The maximum atomic E-state index is 12.3. The number of thiophene rings is 1. The number of sulfonamides is 1. The minimum absolute atomic E-state index is 0.217.